The molecule has 0 saturated heterocycles. The third-order valence-corrected chi connectivity index (χ3v) is 12.4. The fourth-order valence-corrected chi connectivity index (χ4v) is 9.80. The van der Waals surface area contributed by atoms with Crippen LogP contribution >= 0.6 is 0 Å². The lowest BCUT2D eigenvalue weighted by atomic mass is 9.79. The van der Waals surface area contributed by atoms with Crippen LogP contribution in [-0.2, 0) is 0 Å². The summed E-state index contributed by atoms with van der Waals surface area (Å²) in [5.41, 5.74) is 11.8. The summed E-state index contributed by atoms with van der Waals surface area (Å²) >= 11 is 0. The molecule has 3 nitrogen and oxygen atoms in total. The average molecular weight is 728 g/mol. The van der Waals surface area contributed by atoms with Crippen molar-refractivity contribution in [2.24, 2.45) is 16.8 Å². The molecule has 10 aromatic rings. The quantitative estimate of drug-likeness (QED) is 0.173. The van der Waals surface area contributed by atoms with E-state index in [4.69, 9.17) is 4.99 Å². The summed E-state index contributed by atoms with van der Waals surface area (Å²) in [5, 5.41) is 9.88. The van der Waals surface area contributed by atoms with Crippen molar-refractivity contribution in [1.29, 1.82) is 0 Å². The molecule has 268 valence electrons. The molecule has 0 spiro atoms. The number of rotatable bonds is 3. The molecule has 0 N–H and O–H groups in total. The first-order valence-electron chi connectivity index (χ1n) is 19.9. The fraction of sp³-hybridized carbons (Fsp3) is 0.0556. The Morgan fingerprint density at radius 2 is 1.12 bits per heavy atom. The second-order valence-corrected chi connectivity index (χ2v) is 15.5. The minimum Gasteiger partial charge on any atom is -0.309 e. The summed E-state index contributed by atoms with van der Waals surface area (Å²) in [5.74, 6) is 1.37. The van der Waals surface area contributed by atoms with Gasteiger partial charge in [-0.15, -0.1) is 0 Å². The van der Waals surface area contributed by atoms with E-state index in [1.54, 1.807) is 0 Å². The van der Waals surface area contributed by atoms with E-state index >= 15 is 0 Å². The number of fused-ring (bicyclic) bond motifs is 9. The lowest BCUT2D eigenvalue weighted by Crippen LogP contribution is -2.31. The standard InChI is InChI=1S/C54H37N3/c1-34-41-20-9-10-24-45(41)52(39-28-27-35-15-5-6-16-36(35)31-39)55-54(34)57-49-26-14-12-23-44(49)47-32-37-17-7-8-21-42(37)51(53(47)57)38-29-30-50-46(33-38)43-22-11-13-25-48(43)56(50)40-18-3-2-4-19-40/h2-34,41H,1H3. The van der Waals surface area contributed by atoms with Gasteiger partial charge in [-0.1, -0.05) is 153 Å². The molecule has 12 rings (SSSR count). The Bertz CT molecular complexity index is 3420. The van der Waals surface area contributed by atoms with Crippen molar-refractivity contribution in [1.82, 2.24) is 9.13 Å². The van der Waals surface area contributed by atoms with Crippen molar-refractivity contribution < 1.29 is 0 Å². The molecular formula is C54H37N3. The first-order valence-corrected chi connectivity index (χ1v) is 19.9. The van der Waals surface area contributed by atoms with Crippen LogP contribution in [0.5, 0.6) is 0 Å². The minimum atomic E-state index is 0.120. The number of nitrogens with zero attached hydrogens (tertiary/aromatic N) is 3. The van der Waals surface area contributed by atoms with E-state index in [1.165, 1.54) is 81.9 Å². The average Bonchev–Trinajstić information content (AvgIpc) is 3.78. The van der Waals surface area contributed by atoms with Gasteiger partial charge in [0.25, 0.3) is 0 Å². The zero-order valence-corrected chi connectivity index (χ0v) is 31.5. The minimum absolute atomic E-state index is 0.120. The van der Waals surface area contributed by atoms with Gasteiger partial charge in [0.2, 0.25) is 0 Å². The van der Waals surface area contributed by atoms with Crippen molar-refractivity contribution >= 4 is 76.7 Å². The highest BCUT2D eigenvalue weighted by Gasteiger charge is 2.34. The third-order valence-electron chi connectivity index (χ3n) is 12.4. The van der Waals surface area contributed by atoms with Crippen LogP contribution in [0.3, 0.4) is 0 Å². The van der Waals surface area contributed by atoms with Crippen molar-refractivity contribution in [2.45, 2.75) is 6.92 Å². The molecular weight excluding hydrogens is 691 g/mol. The second-order valence-electron chi connectivity index (χ2n) is 15.5. The lowest BCUT2D eigenvalue weighted by Gasteiger charge is -2.33. The number of aromatic nitrogens is 2. The Balaban J connectivity index is 1.18. The molecule has 8 aromatic carbocycles. The number of para-hydroxylation sites is 3. The van der Waals surface area contributed by atoms with E-state index in [0.29, 0.717) is 0 Å². The normalized spacial score (nSPS) is 16.8. The molecule has 57 heavy (non-hydrogen) atoms. The number of aliphatic imine (C=N–C) groups is 1. The first-order chi connectivity index (χ1) is 28.2. The van der Waals surface area contributed by atoms with Gasteiger partial charge in [-0.2, -0.15) is 0 Å². The van der Waals surface area contributed by atoms with Gasteiger partial charge in [-0.05, 0) is 81.2 Å². The van der Waals surface area contributed by atoms with E-state index in [2.05, 4.69) is 210 Å². The van der Waals surface area contributed by atoms with Gasteiger partial charge in [0.1, 0.15) is 5.84 Å². The highest BCUT2D eigenvalue weighted by molar-refractivity contribution is 6.25. The Kier molecular flexibility index (Phi) is 6.97. The molecule has 1 aliphatic carbocycles. The Morgan fingerprint density at radius 3 is 1.95 bits per heavy atom. The van der Waals surface area contributed by atoms with Gasteiger partial charge in [-0.3, -0.25) is 4.57 Å². The molecule has 3 heterocycles. The molecule has 2 atom stereocenters. The number of hydrogen-bond donors (Lipinski definition) is 0. The predicted molar refractivity (Wildman–Crippen MR) is 241 cm³/mol. The maximum atomic E-state index is 5.78. The third kappa shape index (κ3) is 4.76. The fourth-order valence-electron chi connectivity index (χ4n) is 9.80. The van der Waals surface area contributed by atoms with Crippen LogP contribution in [-0.4, -0.2) is 15.0 Å². The zero-order chi connectivity index (χ0) is 37.6. The SMILES string of the molecule is CC1C(n2c3ccccc3c3cc4ccccc4c(-c4ccc5c(c4)c4ccccc4n5-c4ccccc4)c32)=NC(c2ccc3ccccc3c2)=C2C=CC=CC21. The highest BCUT2D eigenvalue weighted by atomic mass is 15.1. The predicted octanol–water partition coefficient (Wildman–Crippen LogP) is 13.9. The monoisotopic (exact) mass is 727 g/mol. The molecule has 0 amide bonds. The second kappa shape index (κ2) is 12.4. The van der Waals surface area contributed by atoms with Crippen LogP contribution in [0.25, 0.3) is 87.7 Å². The molecule has 2 aliphatic rings. The molecule has 0 bridgehead atoms. The van der Waals surface area contributed by atoms with E-state index in [9.17, 15) is 0 Å². The first kappa shape index (κ1) is 32.1. The van der Waals surface area contributed by atoms with Crippen molar-refractivity contribution in [3.8, 4) is 16.8 Å². The molecule has 0 fully saturated rings. The van der Waals surface area contributed by atoms with E-state index in [-0.39, 0.29) is 11.8 Å². The summed E-state index contributed by atoms with van der Waals surface area (Å²) in [6.07, 6.45) is 9.02. The Morgan fingerprint density at radius 1 is 0.474 bits per heavy atom. The van der Waals surface area contributed by atoms with E-state index in [1.807, 2.05) is 0 Å². The zero-order valence-electron chi connectivity index (χ0n) is 31.5. The molecule has 2 unspecified atom stereocenters. The Hall–Kier alpha value is -7.23. The van der Waals surface area contributed by atoms with Crippen LogP contribution in [0.4, 0.5) is 0 Å². The summed E-state index contributed by atoms with van der Waals surface area (Å²) in [6.45, 7) is 2.36. The van der Waals surface area contributed by atoms with Gasteiger partial charge >= 0.3 is 0 Å². The van der Waals surface area contributed by atoms with Gasteiger partial charge in [0.05, 0.1) is 27.8 Å². The Labute approximate surface area is 330 Å². The number of hydrogen-bond acceptors (Lipinski definition) is 1. The molecule has 0 saturated carbocycles. The van der Waals surface area contributed by atoms with Gasteiger partial charge in [0, 0.05) is 50.2 Å². The lowest BCUT2D eigenvalue weighted by molar-refractivity contribution is 0.603. The van der Waals surface area contributed by atoms with Crippen LogP contribution in [0.2, 0.25) is 0 Å². The summed E-state index contributed by atoms with van der Waals surface area (Å²) in [4.78, 5) is 5.78. The largest absolute Gasteiger partial charge is 0.309 e. The smallest absolute Gasteiger partial charge is 0.118 e. The number of benzene rings is 8. The van der Waals surface area contributed by atoms with Gasteiger partial charge < -0.3 is 4.57 Å². The van der Waals surface area contributed by atoms with Crippen molar-refractivity contribution in [3.63, 3.8) is 0 Å². The van der Waals surface area contributed by atoms with E-state index < -0.39 is 0 Å². The summed E-state index contributed by atoms with van der Waals surface area (Å²) < 4.78 is 4.91. The van der Waals surface area contributed by atoms with Crippen molar-refractivity contribution in [2.75, 3.05) is 0 Å². The maximum absolute atomic E-state index is 5.78. The maximum Gasteiger partial charge on any atom is 0.118 e. The van der Waals surface area contributed by atoms with Crippen LogP contribution in [0.1, 0.15) is 12.5 Å². The molecule has 0 radical (unpaired) electrons. The molecule has 1 aliphatic heterocycles. The van der Waals surface area contributed by atoms with Gasteiger partial charge in [0.15, 0.2) is 0 Å². The van der Waals surface area contributed by atoms with Crippen LogP contribution in [0.15, 0.2) is 205 Å². The topological polar surface area (TPSA) is 22.2 Å². The van der Waals surface area contributed by atoms with Gasteiger partial charge in [-0.25, -0.2) is 4.99 Å². The number of allylic oxidation sites excluding steroid dienone is 5. The summed E-state index contributed by atoms with van der Waals surface area (Å²) in [7, 11) is 0. The highest BCUT2D eigenvalue weighted by Crippen LogP contribution is 2.46. The van der Waals surface area contributed by atoms with Crippen LogP contribution < -0.4 is 0 Å². The molecule has 2 aromatic heterocycles. The van der Waals surface area contributed by atoms with Crippen molar-refractivity contribution in [3.05, 3.63) is 205 Å². The van der Waals surface area contributed by atoms with E-state index in [0.717, 1.165) is 22.8 Å². The molecule has 3 heteroatoms. The van der Waals surface area contributed by atoms with Crippen LogP contribution in [0, 0.1) is 11.8 Å². The summed E-state index contributed by atoms with van der Waals surface area (Å²) in [6, 6.07) is 62.2.